The number of nitrogens with one attached hydrogen (secondary N) is 1. The smallest absolute Gasteiger partial charge is 0.243 e. The molecule has 1 aromatic carbocycles. The molecule has 0 radical (unpaired) electrons. The third-order valence-corrected chi connectivity index (χ3v) is 5.13. The molecule has 1 aromatic rings. The molecule has 8 heteroatoms. The molecule has 0 aromatic heterocycles. The van der Waals surface area contributed by atoms with E-state index in [4.69, 9.17) is 5.73 Å². The minimum absolute atomic E-state index is 0. The largest absolute Gasteiger partial charge is 0.320 e. The lowest BCUT2D eigenvalue weighted by atomic mass is 10.1. The van der Waals surface area contributed by atoms with E-state index in [0.29, 0.717) is 18.7 Å². The summed E-state index contributed by atoms with van der Waals surface area (Å²) < 4.78 is 26.0. The Morgan fingerprint density at radius 1 is 1.45 bits per heavy atom. The van der Waals surface area contributed by atoms with Crippen LogP contribution in [0.4, 0.5) is 5.69 Å². The summed E-state index contributed by atoms with van der Waals surface area (Å²) in [5.41, 5.74) is 7.52. The van der Waals surface area contributed by atoms with Crippen LogP contribution in [0.2, 0.25) is 0 Å². The van der Waals surface area contributed by atoms with Gasteiger partial charge < -0.3 is 10.6 Å². The Balaban J connectivity index is 0.00000242. The molecule has 124 valence electrons. The molecule has 0 saturated carbocycles. The van der Waals surface area contributed by atoms with Crippen LogP contribution in [-0.4, -0.2) is 34.0 Å². The van der Waals surface area contributed by atoms with Crippen molar-refractivity contribution in [1.82, 2.24) is 4.72 Å². The fourth-order valence-electron chi connectivity index (χ4n) is 2.51. The number of sulfonamides is 1. The number of hydrogen-bond donors (Lipinski definition) is 2. The Kier molecular flexibility index (Phi) is 6.37. The van der Waals surface area contributed by atoms with E-state index < -0.39 is 16.1 Å². The fraction of sp³-hybridized carbons (Fsp3) is 0.500. The Labute approximate surface area is 137 Å². The van der Waals surface area contributed by atoms with Crippen molar-refractivity contribution in [3.05, 3.63) is 23.8 Å². The van der Waals surface area contributed by atoms with Crippen molar-refractivity contribution < 1.29 is 13.2 Å². The van der Waals surface area contributed by atoms with Gasteiger partial charge in [-0.15, -0.1) is 12.4 Å². The zero-order valence-corrected chi connectivity index (χ0v) is 14.3. The maximum absolute atomic E-state index is 12.4. The summed E-state index contributed by atoms with van der Waals surface area (Å²) >= 11 is 0. The van der Waals surface area contributed by atoms with Gasteiger partial charge in [-0.3, -0.25) is 4.79 Å². The molecule has 6 nitrogen and oxygen atoms in total. The van der Waals surface area contributed by atoms with Crippen molar-refractivity contribution in [3.8, 4) is 0 Å². The van der Waals surface area contributed by atoms with Crippen LogP contribution in [0.25, 0.3) is 0 Å². The van der Waals surface area contributed by atoms with Gasteiger partial charge >= 0.3 is 0 Å². The van der Waals surface area contributed by atoms with Gasteiger partial charge in [0.15, 0.2) is 0 Å². The molecule has 1 atom stereocenters. The molecule has 2 rings (SSSR count). The van der Waals surface area contributed by atoms with Crippen LogP contribution in [0.5, 0.6) is 0 Å². The zero-order valence-electron chi connectivity index (χ0n) is 12.7. The van der Waals surface area contributed by atoms with Crippen LogP contribution < -0.4 is 15.4 Å². The van der Waals surface area contributed by atoms with Crippen LogP contribution in [0.15, 0.2) is 23.1 Å². The number of amides is 1. The second-order valence-corrected chi connectivity index (χ2v) is 7.02. The van der Waals surface area contributed by atoms with E-state index in [1.165, 1.54) is 7.05 Å². The summed E-state index contributed by atoms with van der Waals surface area (Å²) in [7, 11) is -2.15. The average Bonchev–Trinajstić information content (AvgIpc) is 2.89. The lowest BCUT2D eigenvalue weighted by Crippen LogP contribution is -2.43. The highest BCUT2D eigenvalue weighted by Gasteiger charge is 2.29. The number of carbonyl (C=O) groups excluding carboxylic acids is 1. The van der Waals surface area contributed by atoms with E-state index in [-0.39, 0.29) is 23.2 Å². The number of hydrogen-bond acceptors (Lipinski definition) is 4. The Morgan fingerprint density at radius 3 is 2.73 bits per heavy atom. The molecule has 0 fully saturated rings. The van der Waals surface area contributed by atoms with Gasteiger partial charge in [-0.25, -0.2) is 13.1 Å². The van der Waals surface area contributed by atoms with Gasteiger partial charge in [0.25, 0.3) is 0 Å². The number of carbonyl (C=O) groups is 1. The van der Waals surface area contributed by atoms with Crippen molar-refractivity contribution in [3.63, 3.8) is 0 Å². The van der Waals surface area contributed by atoms with Crippen molar-refractivity contribution in [1.29, 1.82) is 0 Å². The summed E-state index contributed by atoms with van der Waals surface area (Å²) in [6, 6.07) is 4.33. The highest BCUT2D eigenvalue weighted by Crippen LogP contribution is 2.31. The summed E-state index contributed by atoms with van der Waals surface area (Å²) in [4.78, 5) is 14.1. The number of anilines is 1. The molecule has 1 amide bonds. The summed E-state index contributed by atoms with van der Waals surface area (Å²) in [5, 5.41) is 0. The zero-order chi connectivity index (χ0) is 15.6. The number of nitrogens with two attached hydrogens (primary N) is 1. The Morgan fingerprint density at radius 2 is 2.14 bits per heavy atom. The summed E-state index contributed by atoms with van der Waals surface area (Å²) in [6.45, 7) is 2.53. The van der Waals surface area contributed by atoms with Gasteiger partial charge in [0.05, 0.1) is 10.9 Å². The number of nitrogens with zero attached hydrogens (tertiary/aromatic N) is 1. The first-order chi connectivity index (χ1) is 9.90. The Bertz CT molecular complexity index is 649. The lowest BCUT2D eigenvalue weighted by Gasteiger charge is -2.21. The van der Waals surface area contributed by atoms with Crippen LogP contribution in [0.1, 0.15) is 25.3 Å². The van der Waals surface area contributed by atoms with E-state index in [1.54, 1.807) is 23.1 Å². The van der Waals surface area contributed by atoms with Gasteiger partial charge in [-0.05, 0) is 37.6 Å². The highest BCUT2D eigenvalue weighted by molar-refractivity contribution is 7.89. The number of rotatable bonds is 5. The molecule has 1 aliphatic heterocycles. The van der Waals surface area contributed by atoms with Gasteiger partial charge in [0.2, 0.25) is 15.9 Å². The van der Waals surface area contributed by atoms with Crippen LogP contribution in [-0.2, 0) is 21.2 Å². The number of halogens is 1. The standard InChI is InChI=1S/C14H21N3O3S.ClH/c1-3-4-12(15)14(18)17-8-7-10-5-6-11(9-13(10)17)21(19,20)16-2;/h5-6,9,12,16H,3-4,7-8,15H2,1-2H3;1H. The van der Waals surface area contributed by atoms with Crippen LogP contribution in [0, 0.1) is 0 Å². The third-order valence-electron chi connectivity index (χ3n) is 3.71. The summed E-state index contributed by atoms with van der Waals surface area (Å²) in [6.07, 6.45) is 2.18. The minimum Gasteiger partial charge on any atom is -0.320 e. The second-order valence-electron chi connectivity index (χ2n) is 5.13. The molecule has 0 spiro atoms. The molecule has 1 unspecified atom stereocenters. The number of benzene rings is 1. The van der Waals surface area contributed by atoms with E-state index >= 15 is 0 Å². The van der Waals surface area contributed by atoms with Crippen molar-refractivity contribution in [2.24, 2.45) is 5.73 Å². The van der Waals surface area contributed by atoms with Crippen molar-refractivity contribution >= 4 is 34.0 Å². The molecule has 0 aliphatic carbocycles. The van der Waals surface area contributed by atoms with E-state index in [1.807, 2.05) is 6.92 Å². The highest BCUT2D eigenvalue weighted by atomic mass is 35.5. The van der Waals surface area contributed by atoms with Crippen LogP contribution >= 0.6 is 12.4 Å². The molecule has 0 saturated heterocycles. The van der Waals surface area contributed by atoms with Gasteiger partial charge in [-0.1, -0.05) is 19.4 Å². The normalized spacial score (nSPS) is 15.1. The predicted octanol–water partition coefficient (Wildman–Crippen LogP) is 1.03. The SMILES string of the molecule is CCCC(N)C(=O)N1CCc2ccc(S(=O)(=O)NC)cc21.Cl. The quantitative estimate of drug-likeness (QED) is 0.832. The van der Waals surface area contributed by atoms with E-state index in [9.17, 15) is 13.2 Å². The maximum Gasteiger partial charge on any atom is 0.243 e. The molecule has 1 heterocycles. The first-order valence-corrected chi connectivity index (χ1v) is 8.52. The van der Waals surface area contributed by atoms with Crippen molar-refractivity contribution in [2.75, 3.05) is 18.5 Å². The van der Waals surface area contributed by atoms with Gasteiger partial charge in [0, 0.05) is 12.2 Å². The molecule has 3 N–H and O–H groups in total. The van der Waals surface area contributed by atoms with E-state index in [0.717, 1.165) is 18.4 Å². The lowest BCUT2D eigenvalue weighted by molar-refractivity contribution is -0.119. The Hall–Kier alpha value is -1.15. The third kappa shape index (κ3) is 3.60. The van der Waals surface area contributed by atoms with Crippen molar-refractivity contribution in [2.45, 2.75) is 37.1 Å². The minimum atomic E-state index is -3.52. The first-order valence-electron chi connectivity index (χ1n) is 7.04. The van der Waals surface area contributed by atoms with E-state index in [2.05, 4.69) is 4.72 Å². The molecular weight excluding hydrogens is 326 g/mol. The first kappa shape index (κ1) is 18.9. The average molecular weight is 348 g/mol. The van der Waals surface area contributed by atoms with Gasteiger partial charge in [-0.2, -0.15) is 0 Å². The fourth-order valence-corrected chi connectivity index (χ4v) is 3.26. The molecular formula is C14H22ClN3O3S. The second kappa shape index (κ2) is 7.41. The van der Waals surface area contributed by atoms with Gasteiger partial charge in [0.1, 0.15) is 0 Å². The van der Waals surface area contributed by atoms with Crippen LogP contribution in [0.3, 0.4) is 0 Å². The predicted molar refractivity (Wildman–Crippen MR) is 88.9 cm³/mol. The topological polar surface area (TPSA) is 92.5 Å². The molecule has 22 heavy (non-hydrogen) atoms. The summed E-state index contributed by atoms with van der Waals surface area (Å²) in [5.74, 6) is -0.144. The molecule has 0 bridgehead atoms. The monoisotopic (exact) mass is 347 g/mol. The maximum atomic E-state index is 12.4. The number of fused-ring (bicyclic) bond motifs is 1. The molecule has 1 aliphatic rings.